The molecule has 0 radical (unpaired) electrons. The van der Waals surface area contributed by atoms with Crippen molar-refractivity contribution < 1.29 is 33.2 Å². The van der Waals surface area contributed by atoms with Crippen molar-refractivity contribution in [2.75, 3.05) is 27.9 Å². The lowest BCUT2D eigenvalue weighted by molar-refractivity contribution is -0.158. The summed E-state index contributed by atoms with van der Waals surface area (Å²) in [4.78, 5) is 12.1. The highest BCUT2D eigenvalue weighted by molar-refractivity contribution is 5.88. The van der Waals surface area contributed by atoms with Gasteiger partial charge in [-0.3, -0.25) is 0 Å². The van der Waals surface area contributed by atoms with E-state index in [9.17, 15) is 4.79 Å². The molecule has 188 valence electrons. The molecule has 0 spiro atoms. The number of carbonyl (C=O) groups excluding carboxylic acids is 1. The molecule has 0 saturated carbocycles. The van der Waals surface area contributed by atoms with E-state index in [1.807, 2.05) is 65.0 Å². The van der Waals surface area contributed by atoms with Gasteiger partial charge < -0.3 is 28.4 Å². The SMILES string of the molecule is C=CC(C)(C)OC(C)(C)C1COc2ccc(/C=C/C(OC)C(C)/C(=C\OC)C(=O)OC)cc2O1. The minimum absolute atomic E-state index is 0.290. The number of fused-ring (bicyclic) bond motifs is 1. The lowest BCUT2D eigenvalue weighted by Crippen LogP contribution is -2.51. The molecule has 1 aliphatic rings. The van der Waals surface area contributed by atoms with E-state index in [4.69, 9.17) is 28.4 Å². The Hall–Kier alpha value is -2.77. The van der Waals surface area contributed by atoms with Gasteiger partial charge in [-0.05, 0) is 45.4 Å². The normalized spacial score (nSPS) is 18.4. The van der Waals surface area contributed by atoms with Crippen LogP contribution in [0, 0.1) is 5.92 Å². The molecule has 1 aliphatic heterocycles. The summed E-state index contributed by atoms with van der Waals surface area (Å²) in [5.41, 5.74) is 0.188. The molecule has 0 N–H and O–H groups in total. The summed E-state index contributed by atoms with van der Waals surface area (Å²) in [6.45, 7) is 14.0. The number of methoxy groups -OCH3 is 3. The van der Waals surface area contributed by atoms with Crippen molar-refractivity contribution in [2.45, 2.75) is 58.0 Å². The number of rotatable bonds is 11. The Kier molecular flexibility index (Phi) is 9.36. The minimum atomic E-state index is -0.601. The molecule has 0 amide bonds. The third-order valence-electron chi connectivity index (χ3n) is 5.82. The third-order valence-corrected chi connectivity index (χ3v) is 5.82. The van der Waals surface area contributed by atoms with E-state index in [-0.39, 0.29) is 18.1 Å². The van der Waals surface area contributed by atoms with Crippen LogP contribution in [0.5, 0.6) is 11.5 Å². The summed E-state index contributed by atoms with van der Waals surface area (Å²) in [6.07, 6.45) is 6.29. The van der Waals surface area contributed by atoms with Gasteiger partial charge in [-0.2, -0.15) is 0 Å². The molecule has 1 aromatic rings. The highest BCUT2D eigenvalue weighted by atomic mass is 16.6. The van der Waals surface area contributed by atoms with Gasteiger partial charge >= 0.3 is 5.97 Å². The van der Waals surface area contributed by atoms with Gasteiger partial charge in [0.15, 0.2) is 17.6 Å². The smallest absolute Gasteiger partial charge is 0.337 e. The topological polar surface area (TPSA) is 72.5 Å². The molecule has 0 bridgehead atoms. The first-order valence-corrected chi connectivity index (χ1v) is 11.3. The molecule has 7 nitrogen and oxygen atoms in total. The van der Waals surface area contributed by atoms with E-state index < -0.39 is 17.2 Å². The van der Waals surface area contributed by atoms with Gasteiger partial charge in [-0.25, -0.2) is 4.79 Å². The van der Waals surface area contributed by atoms with Crippen molar-refractivity contribution in [2.24, 2.45) is 5.92 Å². The number of benzene rings is 1. The average Bonchev–Trinajstić information content (AvgIpc) is 2.81. The van der Waals surface area contributed by atoms with Gasteiger partial charge in [-0.1, -0.05) is 31.2 Å². The van der Waals surface area contributed by atoms with Crippen LogP contribution < -0.4 is 9.47 Å². The second-order valence-electron chi connectivity index (χ2n) is 9.29. The first-order chi connectivity index (χ1) is 16.0. The van der Waals surface area contributed by atoms with E-state index in [2.05, 4.69) is 6.58 Å². The lowest BCUT2D eigenvalue weighted by atomic mass is 9.95. The van der Waals surface area contributed by atoms with Crippen LogP contribution >= 0.6 is 0 Å². The highest BCUT2D eigenvalue weighted by Gasteiger charge is 2.39. The van der Waals surface area contributed by atoms with Crippen LogP contribution in [-0.4, -0.2) is 57.3 Å². The second kappa shape index (κ2) is 11.6. The fourth-order valence-corrected chi connectivity index (χ4v) is 3.74. The maximum atomic E-state index is 12.1. The summed E-state index contributed by atoms with van der Waals surface area (Å²) < 4.78 is 34.0. The van der Waals surface area contributed by atoms with E-state index in [1.54, 1.807) is 13.2 Å². The number of carbonyl (C=O) groups is 1. The number of ether oxygens (including phenoxy) is 6. The van der Waals surface area contributed by atoms with Gasteiger partial charge in [0.05, 0.1) is 37.8 Å². The van der Waals surface area contributed by atoms with Gasteiger partial charge in [0.25, 0.3) is 0 Å². The zero-order valence-corrected chi connectivity index (χ0v) is 21.5. The molecule has 0 aromatic heterocycles. The molecule has 7 heteroatoms. The summed E-state index contributed by atoms with van der Waals surface area (Å²) in [7, 11) is 4.41. The lowest BCUT2D eigenvalue weighted by Gasteiger charge is -2.41. The van der Waals surface area contributed by atoms with Crippen molar-refractivity contribution in [3.8, 4) is 11.5 Å². The Morgan fingerprint density at radius 3 is 2.47 bits per heavy atom. The molecule has 1 aromatic carbocycles. The predicted molar refractivity (Wildman–Crippen MR) is 132 cm³/mol. The molecule has 3 unspecified atom stereocenters. The van der Waals surface area contributed by atoms with E-state index in [0.717, 1.165) is 5.56 Å². The van der Waals surface area contributed by atoms with Gasteiger partial charge in [0, 0.05) is 13.0 Å². The minimum Gasteiger partial charge on any atom is -0.504 e. The predicted octanol–water partition coefficient (Wildman–Crippen LogP) is 4.95. The Labute approximate surface area is 203 Å². The summed E-state index contributed by atoms with van der Waals surface area (Å²) in [6, 6.07) is 5.73. The molecule has 1 heterocycles. The first-order valence-electron chi connectivity index (χ1n) is 11.3. The molecular formula is C27H38O7. The standard InChI is InChI=1S/C27H38O7/c1-10-26(3,4)34-27(5,6)24-17-32-22-14-12-19(15-23(22)33-24)11-13-21(30-8)18(2)20(16-29-7)25(28)31-9/h10-16,18,21,24H,1,17H2,2-9H3/b13-11+,20-16+. The molecular weight excluding hydrogens is 436 g/mol. The van der Waals surface area contributed by atoms with Crippen LogP contribution in [-0.2, 0) is 23.7 Å². The molecule has 0 saturated heterocycles. The Balaban J connectivity index is 2.21. The Morgan fingerprint density at radius 2 is 1.88 bits per heavy atom. The molecule has 3 atom stereocenters. The second-order valence-corrected chi connectivity index (χ2v) is 9.29. The maximum absolute atomic E-state index is 12.1. The Morgan fingerprint density at radius 1 is 1.18 bits per heavy atom. The maximum Gasteiger partial charge on any atom is 0.337 e. The number of esters is 1. The molecule has 2 rings (SSSR count). The van der Waals surface area contributed by atoms with Gasteiger partial charge in [0.1, 0.15) is 12.2 Å². The van der Waals surface area contributed by atoms with Crippen molar-refractivity contribution in [3.63, 3.8) is 0 Å². The first kappa shape index (κ1) is 27.5. The van der Waals surface area contributed by atoms with E-state index in [1.165, 1.54) is 20.5 Å². The van der Waals surface area contributed by atoms with Gasteiger partial charge in [0.2, 0.25) is 0 Å². The van der Waals surface area contributed by atoms with Crippen molar-refractivity contribution in [3.05, 3.63) is 54.3 Å². The highest BCUT2D eigenvalue weighted by Crippen LogP contribution is 2.37. The number of hydrogen-bond acceptors (Lipinski definition) is 7. The van der Waals surface area contributed by atoms with Crippen LogP contribution in [0.25, 0.3) is 6.08 Å². The van der Waals surface area contributed by atoms with Crippen molar-refractivity contribution >= 4 is 12.0 Å². The van der Waals surface area contributed by atoms with Crippen molar-refractivity contribution in [1.82, 2.24) is 0 Å². The zero-order valence-electron chi connectivity index (χ0n) is 21.5. The van der Waals surface area contributed by atoms with Gasteiger partial charge in [-0.15, -0.1) is 6.58 Å². The summed E-state index contributed by atoms with van der Waals surface area (Å²) in [5.74, 6) is 0.573. The number of hydrogen-bond donors (Lipinski definition) is 0. The van der Waals surface area contributed by atoms with Crippen LogP contribution in [0.1, 0.15) is 40.2 Å². The molecule has 34 heavy (non-hydrogen) atoms. The van der Waals surface area contributed by atoms with E-state index in [0.29, 0.717) is 23.7 Å². The summed E-state index contributed by atoms with van der Waals surface area (Å²) >= 11 is 0. The third kappa shape index (κ3) is 6.87. The zero-order chi connectivity index (χ0) is 25.5. The van der Waals surface area contributed by atoms with Crippen LogP contribution in [0.2, 0.25) is 0 Å². The average molecular weight is 475 g/mol. The van der Waals surface area contributed by atoms with Crippen molar-refractivity contribution in [1.29, 1.82) is 0 Å². The Bertz CT molecular complexity index is 914. The molecule has 0 aliphatic carbocycles. The van der Waals surface area contributed by atoms with Crippen LogP contribution in [0.3, 0.4) is 0 Å². The van der Waals surface area contributed by atoms with E-state index >= 15 is 0 Å². The van der Waals surface area contributed by atoms with Crippen LogP contribution in [0.4, 0.5) is 0 Å². The largest absolute Gasteiger partial charge is 0.504 e. The monoisotopic (exact) mass is 474 g/mol. The molecule has 0 fully saturated rings. The van der Waals surface area contributed by atoms with Crippen LogP contribution in [0.15, 0.2) is 48.8 Å². The fraction of sp³-hybridized carbons (Fsp3) is 0.519. The fourth-order valence-electron chi connectivity index (χ4n) is 3.74. The quantitative estimate of drug-likeness (QED) is 0.194. The summed E-state index contributed by atoms with van der Waals surface area (Å²) in [5, 5.41) is 0.